The Hall–Kier alpha value is -0.690. The van der Waals surface area contributed by atoms with E-state index in [0.717, 1.165) is 6.07 Å². The second kappa shape index (κ2) is 6.39. The molecule has 114 valence electrons. The lowest BCUT2D eigenvalue weighted by molar-refractivity contribution is 0.344. The van der Waals surface area contributed by atoms with E-state index in [9.17, 15) is 12.8 Å². The number of sulfonamides is 1. The molecule has 1 unspecified atom stereocenters. The van der Waals surface area contributed by atoms with Crippen molar-refractivity contribution in [3.8, 4) is 0 Å². The van der Waals surface area contributed by atoms with Gasteiger partial charge in [0.2, 0.25) is 10.0 Å². The first-order valence-electron chi connectivity index (χ1n) is 6.29. The van der Waals surface area contributed by atoms with E-state index in [2.05, 4.69) is 4.72 Å². The van der Waals surface area contributed by atoms with Crippen LogP contribution in [0.4, 0.5) is 4.39 Å². The highest BCUT2D eigenvalue weighted by Crippen LogP contribution is 2.26. The van der Waals surface area contributed by atoms with Gasteiger partial charge >= 0.3 is 0 Å². The minimum Gasteiger partial charge on any atom is -0.329 e. The zero-order valence-electron chi connectivity index (χ0n) is 11.8. The first-order chi connectivity index (χ1) is 9.11. The largest absolute Gasteiger partial charge is 0.329 e. The number of nitrogens with one attached hydrogen (secondary N) is 1. The van der Waals surface area contributed by atoms with Gasteiger partial charge < -0.3 is 5.73 Å². The second-order valence-electron chi connectivity index (χ2n) is 5.52. The Morgan fingerprint density at radius 3 is 2.50 bits per heavy atom. The Balaban J connectivity index is 3.18. The van der Waals surface area contributed by atoms with E-state index < -0.39 is 26.3 Å². The maximum Gasteiger partial charge on any atom is 0.245 e. The van der Waals surface area contributed by atoms with Crippen molar-refractivity contribution in [2.45, 2.75) is 37.6 Å². The third-order valence-corrected chi connectivity index (χ3v) is 5.02. The van der Waals surface area contributed by atoms with Crippen LogP contribution in [0.2, 0.25) is 5.02 Å². The fraction of sp³-hybridized carbons (Fsp3) is 0.538. The molecular weight excluding hydrogens is 303 g/mol. The van der Waals surface area contributed by atoms with E-state index in [1.165, 1.54) is 12.1 Å². The quantitative estimate of drug-likeness (QED) is 0.845. The molecule has 4 nitrogen and oxygen atoms in total. The molecule has 1 atom stereocenters. The summed E-state index contributed by atoms with van der Waals surface area (Å²) in [6.45, 7) is 5.71. The summed E-state index contributed by atoms with van der Waals surface area (Å²) in [5, 5.41) is -0.151. The Bertz CT molecular complexity index is 557. The van der Waals surface area contributed by atoms with Gasteiger partial charge in [-0.25, -0.2) is 17.5 Å². The molecule has 7 heteroatoms. The van der Waals surface area contributed by atoms with E-state index in [1.807, 2.05) is 13.8 Å². The minimum absolute atomic E-state index is 0.108. The topological polar surface area (TPSA) is 72.2 Å². The highest BCUT2D eigenvalue weighted by Gasteiger charge is 2.32. The smallest absolute Gasteiger partial charge is 0.245 e. The van der Waals surface area contributed by atoms with Crippen molar-refractivity contribution in [2.24, 2.45) is 11.7 Å². The van der Waals surface area contributed by atoms with Gasteiger partial charge in [-0.05, 0) is 31.4 Å². The van der Waals surface area contributed by atoms with Crippen molar-refractivity contribution in [1.82, 2.24) is 4.72 Å². The van der Waals surface area contributed by atoms with Crippen LogP contribution in [0.3, 0.4) is 0 Å². The lowest BCUT2D eigenvalue weighted by Gasteiger charge is -2.31. The minimum atomic E-state index is -4.07. The first kappa shape index (κ1) is 17.4. The van der Waals surface area contributed by atoms with Gasteiger partial charge in [0.15, 0.2) is 0 Å². The number of hydrogen-bond donors (Lipinski definition) is 2. The molecule has 0 bridgehead atoms. The average Bonchev–Trinajstić information content (AvgIpc) is 2.26. The summed E-state index contributed by atoms with van der Waals surface area (Å²) >= 11 is 5.80. The monoisotopic (exact) mass is 322 g/mol. The molecule has 1 aromatic carbocycles. The lowest BCUT2D eigenvalue weighted by atomic mass is 9.92. The van der Waals surface area contributed by atoms with E-state index in [4.69, 9.17) is 17.3 Å². The molecule has 20 heavy (non-hydrogen) atoms. The third kappa shape index (κ3) is 4.15. The van der Waals surface area contributed by atoms with E-state index in [0.29, 0.717) is 6.42 Å². The summed E-state index contributed by atoms with van der Waals surface area (Å²) in [6.07, 6.45) is 0.537. The van der Waals surface area contributed by atoms with Crippen LogP contribution in [0.25, 0.3) is 0 Å². The van der Waals surface area contributed by atoms with Crippen molar-refractivity contribution in [3.05, 3.63) is 29.0 Å². The molecule has 0 aliphatic rings. The fourth-order valence-corrected chi connectivity index (χ4v) is 4.22. The third-order valence-electron chi connectivity index (χ3n) is 2.88. The molecular formula is C13H20ClFN2O2S. The second-order valence-corrected chi connectivity index (χ2v) is 7.55. The van der Waals surface area contributed by atoms with Gasteiger partial charge in [-0.3, -0.25) is 0 Å². The highest BCUT2D eigenvalue weighted by atomic mass is 35.5. The normalized spacial score (nSPS) is 15.3. The predicted octanol–water partition coefficient (Wildman–Crippen LogP) is 2.52. The van der Waals surface area contributed by atoms with Crippen LogP contribution < -0.4 is 10.5 Å². The molecule has 0 radical (unpaired) electrons. The number of benzene rings is 1. The number of nitrogens with two attached hydrogens (primary N) is 1. The summed E-state index contributed by atoms with van der Waals surface area (Å²) in [6, 6.07) is 3.75. The van der Waals surface area contributed by atoms with E-state index >= 15 is 0 Å². The maximum atomic E-state index is 13.8. The molecule has 0 aromatic heterocycles. The number of rotatable bonds is 6. The van der Waals surface area contributed by atoms with Crippen molar-refractivity contribution in [2.75, 3.05) is 6.54 Å². The van der Waals surface area contributed by atoms with Gasteiger partial charge in [0.05, 0.1) is 5.02 Å². The van der Waals surface area contributed by atoms with Crippen molar-refractivity contribution in [1.29, 1.82) is 0 Å². The molecule has 0 saturated carbocycles. The van der Waals surface area contributed by atoms with Gasteiger partial charge in [0.25, 0.3) is 0 Å². The average molecular weight is 323 g/mol. The zero-order valence-corrected chi connectivity index (χ0v) is 13.4. The van der Waals surface area contributed by atoms with Gasteiger partial charge in [-0.2, -0.15) is 0 Å². The molecule has 0 fully saturated rings. The Morgan fingerprint density at radius 1 is 1.45 bits per heavy atom. The van der Waals surface area contributed by atoms with Crippen molar-refractivity contribution < 1.29 is 12.8 Å². The van der Waals surface area contributed by atoms with Crippen LogP contribution in [0, 0.1) is 11.7 Å². The number of halogens is 2. The SMILES string of the molecule is CC(C)CC(C)(CN)NS(=O)(=O)c1c(F)cccc1Cl. The van der Waals surface area contributed by atoms with Crippen molar-refractivity contribution >= 4 is 21.6 Å². The Kier molecular flexibility index (Phi) is 5.54. The summed E-state index contributed by atoms with van der Waals surface area (Å²) in [5.74, 6) is -0.642. The van der Waals surface area contributed by atoms with Crippen LogP contribution in [-0.4, -0.2) is 20.5 Å². The van der Waals surface area contributed by atoms with Crippen LogP contribution in [-0.2, 0) is 10.0 Å². The molecule has 0 aliphatic carbocycles. The lowest BCUT2D eigenvalue weighted by Crippen LogP contribution is -2.52. The molecule has 0 aliphatic heterocycles. The van der Waals surface area contributed by atoms with Gasteiger partial charge in [0.1, 0.15) is 10.7 Å². The van der Waals surface area contributed by atoms with Gasteiger partial charge in [0, 0.05) is 12.1 Å². The molecule has 0 spiro atoms. The van der Waals surface area contributed by atoms with Gasteiger partial charge in [-0.15, -0.1) is 0 Å². The zero-order chi connectivity index (χ0) is 15.6. The van der Waals surface area contributed by atoms with Gasteiger partial charge in [-0.1, -0.05) is 31.5 Å². The van der Waals surface area contributed by atoms with Crippen LogP contribution >= 0.6 is 11.6 Å². The van der Waals surface area contributed by atoms with E-state index in [1.54, 1.807) is 6.92 Å². The molecule has 0 saturated heterocycles. The van der Waals surface area contributed by atoms with E-state index in [-0.39, 0.29) is 17.5 Å². The number of hydrogen-bond acceptors (Lipinski definition) is 3. The van der Waals surface area contributed by atoms with Crippen LogP contribution in [0.15, 0.2) is 23.1 Å². The highest BCUT2D eigenvalue weighted by molar-refractivity contribution is 7.89. The predicted molar refractivity (Wildman–Crippen MR) is 78.6 cm³/mol. The summed E-state index contributed by atoms with van der Waals surface area (Å²) in [5.41, 5.74) is 4.81. The molecule has 1 aromatic rings. The molecule has 1 rings (SSSR count). The molecule has 3 N–H and O–H groups in total. The van der Waals surface area contributed by atoms with Crippen LogP contribution in [0.5, 0.6) is 0 Å². The maximum absolute atomic E-state index is 13.8. The first-order valence-corrected chi connectivity index (χ1v) is 8.15. The summed E-state index contributed by atoms with van der Waals surface area (Å²) < 4.78 is 40.9. The summed E-state index contributed by atoms with van der Waals surface area (Å²) in [4.78, 5) is -0.537. The summed E-state index contributed by atoms with van der Waals surface area (Å²) in [7, 11) is -4.07. The Labute approximate surface area is 124 Å². The van der Waals surface area contributed by atoms with Crippen LogP contribution in [0.1, 0.15) is 27.2 Å². The molecule has 0 amide bonds. The standard InChI is InChI=1S/C13H20ClFN2O2S/c1-9(2)7-13(3,8-16)17-20(18,19)12-10(14)5-4-6-11(12)15/h4-6,9,17H,7-8,16H2,1-3H3. The Morgan fingerprint density at radius 2 is 2.05 bits per heavy atom. The van der Waals surface area contributed by atoms with Crippen molar-refractivity contribution in [3.63, 3.8) is 0 Å². The fourth-order valence-electron chi connectivity index (χ4n) is 2.18. The molecule has 0 heterocycles.